The first kappa shape index (κ1) is 17.2. The van der Waals surface area contributed by atoms with Gasteiger partial charge in [0.05, 0.1) is 5.02 Å². The predicted molar refractivity (Wildman–Crippen MR) is 93.8 cm³/mol. The lowest BCUT2D eigenvalue weighted by atomic mass is 9.95. The summed E-state index contributed by atoms with van der Waals surface area (Å²) in [6, 6.07) is 8.67. The van der Waals surface area contributed by atoms with Gasteiger partial charge in [0, 0.05) is 11.1 Å². The molecule has 1 heterocycles. The molecule has 0 spiro atoms. The zero-order valence-electron chi connectivity index (χ0n) is 13.2. The highest BCUT2D eigenvalue weighted by Crippen LogP contribution is 2.28. The number of carbonyl (C=O) groups is 1. The Morgan fingerprint density at radius 2 is 1.96 bits per heavy atom. The van der Waals surface area contributed by atoms with Gasteiger partial charge in [0.1, 0.15) is 18.1 Å². The van der Waals surface area contributed by atoms with Crippen molar-refractivity contribution < 1.29 is 13.9 Å². The van der Waals surface area contributed by atoms with E-state index in [1.54, 1.807) is 30.3 Å². The molecule has 1 aliphatic carbocycles. The quantitative estimate of drug-likeness (QED) is 0.786. The van der Waals surface area contributed by atoms with Gasteiger partial charge >= 0.3 is 0 Å². The molecular weight excluding hydrogens is 349 g/mol. The van der Waals surface area contributed by atoms with Crippen molar-refractivity contribution in [1.82, 2.24) is 5.32 Å². The average molecular weight is 368 g/mol. The lowest BCUT2D eigenvalue weighted by Gasteiger charge is -2.22. The van der Waals surface area contributed by atoms with E-state index in [0.717, 1.165) is 12.8 Å². The first-order valence-electron chi connectivity index (χ1n) is 8.09. The summed E-state index contributed by atoms with van der Waals surface area (Å²) in [6.45, 7) is 0.193. The molecule has 0 aliphatic heterocycles. The number of ether oxygens (including phenoxy) is 1. The van der Waals surface area contributed by atoms with Crippen LogP contribution in [-0.4, -0.2) is 11.9 Å². The van der Waals surface area contributed by atoms with Crippen molar-refractivity contribution in [3.05, 3.63) is 51.9 Å². The molecule has 0 unspecified atom stereocenters. The molecular formula is C18H19Cl2NO3. The molecule has 0 bridgehead atoms. The van der Waals surface area contributed by atoms with Crippen LogP contribution in [0, 0.1) is 0 Å². The summed E-state index contributed by atoms with van der Waals surface area (Å²) in [6.07, 6.45) is 5.67. The summed E-state index contributed by atoms with van der Waals surface area (Å²) in [5, 5.41) is 4.01. The highest BCUT2D eigenvalue weighted by atomic mass is 35.5. The highest BCUT2D eigenvalue weighted by molar-refractivity contribution is 6.35. The normalized spacial score (nSPS) is 15.2. The third kappa shape index (κ3) is 4.46. The van der Waals surface area contributed by atoms with Crippen LogP contribution in [0.25, 0.3) is 0 Å². The number of benzene rings is 1. The van der Waals surface area contributed by atoms with Crippen LogP contribution in [0.2, 0.25) is 10.0 Å². The minimum absolute atomic E-state index is 0.169. The molecule has 1 N–H and O–H groups in total. The Kier molecular flexibility index (Phi) is 5.69. The third-order valence-electron chi connectivity index (χ3n) is 4.09. The first-order chi connectivity index (χ1) is 11.6. The molecule has 3 rings (SSSR count). The number of hydrogen-bond acceptors (Lipinski definition) is 3. The van der Waals surface area contributed by atoms with Gasteiger partial charge in [0.25, 0.3) is 5.91 Å². The Labute approximate surface area is 151 Å². The number of amides is 1. The van der Waals surface area contributed by atoms with Crippen LogP contribution in [0.1, 0.15) is 48.4 Å². The minimum atomic E-state index is -0.169. The molecule has 4 nitrogen and oxygen atoms in total. The maximum Gasteiger partial charge on any atom is 0.287 e. The summed E-state index contributed by atoms with van der Waals surface area (Å²) in [7, 11) is 0. The van der Waals surface area contributed by atoms with Crippen molar-refractivity contribution >= 4 is 29.1 Å². The molecule has 128 valence electrons. The van der Waals surface area contributed by atoms with Gasteiger partial charge in [-0.2, -0.15) is 0 Å². The van der Waals surface area contributed by atoms with E-state index in [1.165, 1.54) is 19.3 Å². The summed E-state index contributed by atoms with van der Waals surface area (Å²) >= 11 is 11.9. The number of halogens is 2. The zero-order chi connectivity index (χ0) is 16.9. The third-order valence-corrected chi connectivity index (χ3v) is 4.62. The molecule has 1 aromatic heterocycles. The largest absolute Gasteiger partial charge is 0.484 e. The fraction of sp³-hybridized carbons (Fsp3) is 0.389. The lowest BCUT2D eigenvalue weighted by molar-refractivity contribution is 0.0895. The van der Waals surface area contributed by atoms with Gasteiger partial charge in [-0.25, -0.2) is 0 Å². The van der Waals surface area contributed by atoms with Crippen LogP contribution in [0.3, 0.4) is 0 Å². The second-order valence-corrected chi connectivity index (χ2v) is 6.78. The van der Waals surface area contributed by atoms with Crippen molar-refractivity contribution in [2.24, 2.45) is 0 Å². The van der Waals surface area contributed by atoms with Crippen LogP contribution < -0.4 is 10.1 Å². The van der Waals surface area contributed by atoms with Gasteiger partial charge in [-0.1, -0.05) is 42.5 Å². The Bertz CT molecular complexity index is 708. The van der Waals surface area contributed by atoms with Gasteiger partial charge in [0.15, 0.2) is 5.76 Å². The van der Waals surface area contributed by atoms with Crippen molar-refractivity contribution in [3.8, 4) is 5.75 Å². The molecule has 0 atom stereocenters. The van der Waals surface area contributed by atoms with Crippen molar-refractivity contribution in [1.29, 1.82) is 0 Å². The number of carbonyl (C=O) groups excluding carboxylic acids is 1. The van der Waals surface area contributed by atoms with Gasteiger partial charge in [-0.15, -0.1) is 0 Å². The molecule has 2 aromatic rings. The molecule has 0 saturated heterocycles. The predicted octanol–water partition coefficient (Wildman–Crippen LogP) is 5.23. The van der Waals surface area contributed by atoms with E-state index >= 15 is 0 Å². The Morgan fingerprint density at radius 1 is 1.17 bits per heavy atom. The highest BCUT2D eigenvalue weighted by Gasteiger charge is 2.18. The monoisotopic (exact) mass is 367 g/mol. The molecule has 1 saturated carbocycles. The second-order valence-electron chi connectivity index (χ2n) is 5.94. The maximum absolute atomic E-state index is 12.2. The zero-order valence-corrected chi connectivity index (χ0v) is 14.7. The van der Waals surface area contributed by atoms with Crippen LogP contribution in [0.5, 0.6) is 5.75 Å². The smallest absolute Gasteiger partial charge is 0.287 e. The number of furan rings is 1. The first-order valence-corrected chi connectivity index (χ1v) is 8.85. The van der Waals surface area contributed by atoms with Crippen LogP contribution in [0.15, 0.2) is 34.7 Å². The van der Waals surface area contributed by atoms with Gasteiger partial charge in [-0.3, -0.25) is 4.79 Å². The van der Waals surface area contributed by atoms with Crippen LogP contribution >= 0.6 is 23.2 Å². The molecule has 0 radical (unpaired) electrons. The summed E-state index contributed by atoms with van der Waals surface area (Å²) in [5.41, 5.74) is 0. The van der Waals surface area contributed by atoms with E-state index in [2.05, 4.69) is 5.32 Å². The molecule has 1 aliphatic rings. The van der Waals surface area contributed by atoms with Crippen LogP contribution in [-0.2, 0) is 6.61 Å². The van der Waals surface area contributed by atoms with Crippen molar-refractivity contribution in [2.45, 2.75) is 44.8 Å². The SMILES string of the molecule is O=C(NC1CCCCC1)c1ccc(COc2ccc(Cl)cc2Cl)o1. The average Bonchev–Trinajstić information content (AvgIpc) is 3.04. The van der Waals surface area contributed by atoms with E-state index in [9.17, 15) is 4.79 Å². The topological polar surface area (TPSA) is 51.5 Å². The van der Waals surface area contributed by atoms with E-state index < -0.39 is 0 Å². The van der Waals surface area contributed by atoms with Gasteiger partial charge in [-0.05, 0) is 43.2 Å². The van der Waals surface area contributed by atoms with E-state index in [4.69, 9.17) is 32.4 Å². The summed E-state index contributed by atoms with van der Waals surface area (Å²) in [5.74, 6) is 1.22. The molecule has 1 fully saturated rings. The number of rotatable bonds is 5. The van der Waals surface area contributed by atoms with Crippen molar-refractivity contribution in [2.75, 3.05) is 0 Å². The second kappa shape index (κ2) is 7.95. The fourth-order valence-corrected chi connectivity index (χ4v) is 3.29. The molecule has 1 aromatic carbocycles. The van der Waals surface area contributed by atoms with Crippen LogP contribution in [0.4, 0.5) is 0 Å². The number of hydrogen-bond donors (Lipinski definition) is 1. The minimum Gasteiger partial charge on any atom is -0.484 e. The molecule has 6 heteroatoms. The van der Waals surface area contributed by atoms with E-state index in [-0.39, 0.29) is 18.6 Å². The number of nitrogens with one attached hydrogen (secondary N) is 1. The van der Waals surface area contributed by atoms with E-state index in [0.29, 0.717) is 27.3 Å². The lowest BCUT2D eigenvalue weighted by Crippen LogP contribution is -2.35. The fourth-order valence-electron chi connectivity index (χ4n) is 2.82. The Morgan fingerprint density at radius 3 is 2.71 bits per heavy atom. The summed E-state index contributed by atoms with van der Waals surface area (Å²) < 4.78 is 11.2. The molecule has 24 heavy (non-hydrogen) atoms. The summed E-state index contributed by atoms with van der Waals surface area (Å²) in [4.78, 5) is 12.2. The molecule has 1 amide bonds. The van der Waals surface area contributed by atoms with E-state index in [1.807, 2.05) is 0 Å². The van der Waals surface area contributed by atoms with Gasteiger partial charge < -0.3 is 14.5 Å². The van der Waals surface area contributed by atoms with Crippen molar-refractivity contribution in [3.63, 3.8) is 0 Å². The van der Waals surface area contributed by atoms with Gasteiger partial charge in [0.2, 0.25) is 0 Å². The Balaban J connectivity index is 1.55. The maximum atomic E-state index is 12.2. The Hall–Kier alpha value is -1.65. The standard InChI is InChI=1S/C18H19Cl2NO3/c19-12-6-8-16(15(20)10-12)23-11-14-7-9-17(24-14)18(22)21-13-4-2-1-3-5-13/h6-10,13H,1-5,11H2,(H,21,22).